The van der Waals surface area contributed by atoms with Crippen molar-refractivity contribution in [2.24, 2.45) is 0 Å². The maximum Gasteiger partial charge on any atom is 0.418 e. The number of piperidine rings is 1. The highest BCUT2D eigenvalue weighted by molar-refractivity contribution is 5.80. The molecule has 28 heavy (non-hydrogen) atoms. The van der Waals surface area contributed by atoms with E-state index in [-0.39, 0.29) is 17.8 Å². The molecule has 5 nitrogen and oxygen atoms in total. The molecule has 1 fully saturated rings. The molecule has 0 saturated carbocycles. The van der Waals surface area contributed by atoms with Crippen LogP contribution in [0.25, 0.3) is 10.9 Å². The first-order chi connectivity index (χ1) is 13.4. The van der Waals surface area contributed by atoms with Crippen molar-refractivity contribution in [2.75, 3.05) is 13.1 Å². The minimum atomic E-state index is -4.48. The highest BCUT2D eigenvalue weighted by Gasteiger charge is 2.34. The van der Waals surface area contributed by atoms with E-state index in [2.05, 4.69) is 9.97 Å². The van der Waals surface area contributed by atoms with Gasteiger partial charge in [-0.15, -0.1) is 0 Å². The van der Waals surface area contributed by atoms with Gasteiger partial charge in [0.15, 0.2) is 0 Å². The Morgan fingerprint density at radius 2 is 2.07 bits per heavy atom. The third-order valence-electron chi connectivity index (χ3n) is 5.07. The Morgan fingerprint density at radius 3 is 2.86 bits per heavy atom. The monoisotopic (exact) mass is 389 g/mol. The molecule has 8 heteroatoms. The third-order valence-corrected chi connectivity index (χ3v) is 5.07. The summed E-state index contributed by atoms with van der Waals surface area (Å²) in [5.41, 5.74) is 1.08. The molecule has 4 rings (SSSR count). The van der Waals surface area contributed by atoms with Crippen LogP contribution in [-0.2, 0) is 11.0 Å². The van der Waals surface area contributed by atoms with Crippen LogP contribution in [-0.4, -0.2) is 40.5 Å². The zero-order chi connectivity index (χ0) is 19.7. The van der Waals surface area contributed by atoms with Gasteiger partial charge in [0.25, 0.3) is 0 Å². The van der Waals surface area contributed by atoms with Crippen LogP contribution in [0.1, 0.15) is 23.5 Å². The smallest absolute Gasteiger partial charge is 0.418 e. The fourth-order valence-electron chi connectivity index (χ4n) is 3.62. The van der Waals surface area contributed by atoms with Gasteiger partial charge in [-0.3, -0.25) is 9.78 Å². The second-order valence-corrected chi connectivity index (χ2v) is 6.88. The zero-order valence-corrected chi connectivity index (χ0v) is 14.8. The number of pyridine rings is 1. The molecule has 3 aromatic rings. The van der Waals surface area contributed by atoms with Crippen molar-refractivity contribution in [2.45, 2.75) is 24.6 Å². The number of hydrogen-bond donors (Lipinski definition) is 1. The second kappa shape index (κ2) is 7.18. The Kier molecular flexibility index (Phi) is 4.70. The van der Waals surface area contributed by atoms with Crippen LogP contribution >= 0.6 is 0 Å². The predicted molar refractivity (Wildman–Crippen MR) is 96.9 cm³/mol. The van der Waals surface area contributed by atoms with Crippen molar-refractivity contribution in [3.8, 4) is 5.75 Å². The summed E-state index contributed by atoms with van der Waals surface area (Å²) in [4.78, 5) is 19.7. The molecule has 0 aliphatic carbocycles. The van der Waals surface area contributed by atoms with Crippen molar-refractivity contribution in [1.82, 2.24) is 14.9 Å². The molecule has 0 radical (unpaired) electrons. The summed E-state index contributed by atoms with van der Waals surface area (Å²) < 4.78 is 44.8. The van der Waals surface area contributed by atoms with Gasteiger partial charge in [0.2, 0.25) is 6.41 Å². The molecule has 1 amide bonds. The van der Waals surface area contributed by atoms with Gasteiger partial charge in [-0.2, -0.15) is 13.2 Å². The minimum Gasteiger partial charge on any atom is -0.488 e. The lowest BCUT2D eigenvalue weighted by Gasteiger charge is -2.37. The Labute approximate surface area is 159 Å². The van der Waals surface area contributed by atoms with E-state index in [1.807, 2.05) is 30.5 Å². The molecule has 2 unspecified atom stereocenters. The number of nitrogens with zero attached hydrogens (tertiary/aromatic N) is 2. The van der Waals surface area contributed by atoms with E-state index in [1.54, 1.807) is 4.90 Å². The highest BCUT2D eigenvalue weighted by atomic mass is 19.4. The Balaban J connectivity index is 1.63. The summed E-state index contributed by atoms with van der Waals surface area (Å²) in [6.07, 6.45) is 0.366. The number of benzene rings is 1. The molecule has 1 N–H and O–H groups in total. The number of aromatic nitrogens is 2. The Bertz CT molecular complexity index is 986. The average molecular weight is 389 g/mol. The maximum atomic E-state index is 13.0. The number of carbonyl (C=O) groups is 1. The molecular weight excluding hydrogens is 371 g/mol. The van der Waals surface area contributed by atoms with Crippen LogP contribution in [0.15, 0.2) is 48.9 Å². The summed E-state index contributed by atoms with van der Waals surface area (Å²) >= 11 is 0. The number of fused-ring (bicyclic) bond motifs is 1. The number of ether oxygens (including phenoxy) is 1. The van der Waals surface area contributed by atoms with Crippen LogP contribution < -0.4 is 4.74 Å². The molecule has 1 aliphatic heterocycles. The van der Waals surface area contributed by atoms with Gasteiger partial charge >= 0.3 is 6.18 Å². The van der Waals surface area contributed by atoms with Crippen molar-refractivity contribution in [3.05, 3.63) is 60.0 Å². The van der Waals surface area contributed by atoms with Gasteiger partial charge in [-0.25, -0.2) is 0 Å². The molecule has 3 heterocycles. The number of aromatic amines is 1. The van der Waals surface area contributed by atoms with Crippen LogP contribution in [0.5, 0.6) is 5.75 Å². The van der Waals surface area contributed by atoms with Gasteiger partial charge in [0.1, 0.15) is 11.9 Å². The number of nitrogens with one attached hydrogen (secondary N) is 1. The van der Waals surface area contributed by atoms with E-state index in [0.717, 1.165) is 35.1 Å². The molecule has 1 aromatic carbocycles. The number of hydrogen-bond acceptors (Lipinski definition) is 3. The molecule has 0 bridgehead atoms. The van der Waals surface area contributed by atoms with Gasteiger partial charge < -0.3 is 14.6 Å². The zero-order valence-electron chi connectivity index (χ0n) is 14.8. The van der Waals surface area contributed by atoms with Gasteiger partial charge in [-0.1, -0.05) is 12.1 Å². The lowest BCUT2D eigenvalue weighted by Crippen LogP contribution is -2.43. The second-order valence-electron chi connectivity index (χ2n) is 6.88. The first-order valence-electron chi connectivity index (χ1n) is 8.89. The summed E-state index contributed by atoms with van der Waals surface area (Å²) in [7, 11) is 0. The molecule has 2 aromatic heterocycles. The number of alkyl halides is 3. The number of amides is 1. The van der Waals surface area contributed by atoms with Crippen LogP contribution in [0.3, 0.4) is 0 Å². The van der Waals surface area contributed by atoms with E-state index >= 15 is 0 Å². The number of H-pyrrole nitrogens is 1. The number of rotatable bonds is 4. The molecule has 1 saturated heterocycles. The fourth-order valence-corrected chi connectivity index (χ4v) is 3.62. The van der Waals surface area contributed by atoms with E-state index in [4.69, 9.17) is 4.74 Å². The lowest BCUT2D eigenvalue weighted by molar-refractivity contribution is -0.138. The molecular formula is C20H18F3N3O2. The van der Waals surface area contributed by atoms with Gasteiger partial charge in [-0.05, 0) is 29.1 Å². The first kappa shape index (κ1) is 18.3. The number of halogens is 3. The normalized spacial score (nSPS) is 20.3. The Hall–Kier alpha value is -3.03. The maximum absolute atomic E-state index is 13.0. The fraction of sp³-hybridized carbons (Fsp3) is 0.300. The molecule has 2 atom stereocenters. The summed E-state index contributed by atoms with van der Waals surface area (Å²) in [6, 6.07) is 8.86. The van der Waals surface area contributed by atoms with E-state index in [0.29, 0.717) is 19.5 Å². The molecule has 0 spiro atoms. The van der Waals surface area contributed by atoms with Crippen molar-refractivity contribution in [1.29, 1.82) is 0 Å². The summed E-state index contributed by atoms with van der Waals surface area (Å²) in [5.74, 6) is -0.0912. The van der Waals surface area contributed by atoms with Crippen molar-refractivity contribution >= 4 is 17.3 Å². The third kappa shape index (κ3) is 3.67. The van der Waals surface area contributed by atoms with E-state index < -0.39 is 11.7 Å². The molecule has 146 valence electrons. The largest absolute Gasteiger partial charge is 0.488 e. The van der Waals surface area contributed by atoms with Crippen molar-refractivity contribution in [3.63, 3.8) is 0 Å². The topological polar surface area (TPSA) is 58.2 Å². The van der Waals surface area contributed by atoms with Gasteiger partial charge in [0.05, 0.1) is 11.8 Å². The SMILES string of the molecule is O=CN1CCC(Oc2cncc(C(F)(F)F)c2)C(c2ccc3cc[nH]c3c2)C1. The quantitative estimate of drug-likeness (QED) is 0.687. The van der Waals surface area contributed by atoms with Gasteiger partial charge in [0, 0.05) is 43.3 Å². The van der Waals surface area contributed by atoms with Crippen LogP contribution in [0.4, 0.5) is 13.2 Å². The van der Waals surface area contributed by atoms with Crippen LogP contribution in [0.2, 0.25) is 0 Å². The average Bonchev–Trinajstić information content (AvgIpc) is 3.15. The lowest BCUT2D eigenvalue weighted by atomic mass is 9.87. The minimum absolute atomic E-state index is 0.0744. The van der Waals surface area contributed by atoms with Crippen molar-refractivity contribution < 1.29 is 22.7 Å². The highest BCUT2D eigenvalue weighted by Crippen LogP contribution is 2.34. The van der Waals surface area contributed by atoms with Crippen LogP contribution in [0, 0.1) is 0 Å². The summed E-state index contributed by atoms with van der Waals surface area (Å²) in [6.45, 7) is 0.925. The number of carbonyl (C=O) groups excluding carboxylic acids is 1. The molecule has 1 aliphatic rings. The standard InChI is InChI=1S/C20H18F3N3O2/c21-20(22,23)15-8-16(10-24-9-15)28-19-4-6-26(12-27)11-17(19)14-2-1-13-3-5-25-18(13)7-14/h1-3,5,7-10,12,17,19,25H,4,6,11H2. The van der Waals surface area contributed by atoms with E-state index in [9.17, 15) is 18.0 Å². The predicted octanol–water partition coefficient (Wildman–Crippen LogP) is 3.98. The first-order valence-corrected chi connectivity index (χ1v) is 8.89. The summed E-state index contributed by atoms with van der Waals surface area (Å²) in [5, 5.41) is 1.06. The Morgan fingerprint density at radius 1 is 1.21 bits per heavy atom. The number of likely N-dealkylation sites (tertiary alicyclic amines) is 1. The van der Waals surface area contributed by atoms with E-state index in [1.165, 1.54) is 6.20 Å².